The molecule has 2 unspecified atom stereocenters. The van der Waals surface area contributed by atoms with E-state index in [9.17, 15) is 25.6 Å². The number of aliphatic hydroxyl groups is 2. The minimum absolute atomic E-state index is 0.0605. The van der Waals surface area contributed by atoms with Crippen molar-refractivity contribution in [3.8, 4) is 6.07 Å². The highest BCUT2D eigenvalue weighted by molar-refractivity contribution is 6.34. The van der Waals surface area contributed by atoms with E-state index in [0.29, 0.717) is 5.56 Å². The van der Waals surface area contributed by atoms with E-state index in [4.69, 9.17) is 11.6 Å². The van der Waals surface area contributed by atoms with Gasteiger partial charge in [0.1, 0.15) is 24.2 Å². The first-order chi connectivity index (χ1) is 13.2. The molecule has 2 aromatic rings. The standard InChI is InChI=1S/C18H18ClN5O4/c1-11(25)23(12(2)26)10-13-6-7-17(18(19)16(13)9-20)22-21-14-4-3-5-15(8-14)24(27)28/h3-8,11-12,25-26H,10H2,1-2H3. The Kier molecular flexibility index (Phi) is 7.14. The first-order valence-electron chi connectivity index (χ1n) is 8.24. The van der Waals surface area contributed by atoms with Crippen molar-refractivity contribution in [3.05, 3.63) is 62.7 Å². The number of nitrogens with zero attached hydrogens (tertiary/aromatic N) is 5. The molecule has 0 bridgehead atoms. The summed E-state index contributed by atoms with van der Waals surface area (Å²) >= 11 is 6.28. The molecule has 2 aromatic carbocycles. The Balaban J connectivity index is 2.34. The molecule has 28 heavy (non-hydrogen) atoms. The Morgan fingerprint density at radius 3 is 2.50 bits per heavy atom. The van der Waals surface area contributed by atoms with E-state index in [1.54, 1.807) is 18.2 Å². The van der Waals surface area contributed by atoms with Crippen LogP contribution in [-0.2, 0) is 6.54 Å². The van der Waals surface area contributed by atoms with Gasteiger partial charge in [-0.15, -0.1) is 5.11 Å². The summed E-state index contributed by atoms with van der Waals surface area (Å²) in [6.45, 7) is 3.10. The average molecular weight is 404 g/mol. The SMILES string of the molecule is CC(O)N(Cc1ccc(N=Nc2cccc([N+](=O)[O-])c2)c(Cl)c1C#N)C(C)O. The van der Waals surface area contributed by atoms with Gasteiger partial charge in [-0.2, -0.15) is 10.4 Å². The maximum Gasteiger partial charge on any atom is 0.271 e. The van der Waals surface area contributed by atoms with Crippen LogP contribution < -0.4 is 0 Å². The van der Waals surface area contributed by atoms with Gasteiger partial charge in [0.25, 0.3) is 5.69 Å². The van der Waals surface area contributed by atoms with Crippen molar-refractivity contribution in [2.24, 2.45) is 10.2 Å². The summed E-state index contributed by atoms with van der Waals surface area (Å²) in [4.78, 5) is 11.7. The number of nitriles is 1. The summed E-state index contributed by atoms with van der Waals surface area (Å²) in [7, 11) is 0. The molecule has 0 spiro atoms. The third-order valence-electron chi connectivity index (χ3n) is 3.95. The third-order valence-corrected chi connectivity index (χ3v) is 4.33. The van der Waals surface area contributed by atoms with E-state index in [-0.39, 0.29) is 34.2 Å². The van der Waals surface area contributed by atoms with Crippen molar-refractivity contribution in [3.63, 3.8) is 0 Å². The molecule has 2 N–H and O–H groups in total. The lowest BCUT2D eigenvalue weighted by atomic mass is 10.1. The van der Waals surface area contributed by atoms with E-state index < -0.39 is 17.4 Å². The fraction of sp³-hybridized carbons (Fsp3) is 0.278. The number of azo groups is 1. The van der Waals surface area contributed by atoms with Crippen LogP contribution in [0, 0.1) is 21.4 Å². The highest BCUT2D eigenvalue weighted by Gasteiger charge is 2.20. The predicted molar refractivity (Wildman–Crippen MR) is 102 cm³/mol. The molecule has 0 aliphatic heterocycles. The average Bonchev–Trinajstić information content (AvgIpc) is 2.65. The van der Waals surface area contributed by atoms with Crippen LogP contribution in [0.15, 0.2) is 46.6 Å². The molecule has 0 radical (unpaired) electrons. The molecule has 146 valence electrons. The number of hydrogen-bond acceptors (Lipinski definition) is 8. The lowest BCUT2D eigenvalue weighted by Crippen LogP contribution is -2.39. The monoisotopic (exact) mass is 403 g/mol. The van der Waals surface area contributed by atoms with Crippen molar-refractivity contribution in [2.45, 2.75) is 32.8 Å². The van der Waals surface area contributed by atoms with Crippen molar-refractivity contribution in [1.82, 2.24) is 4.90 Å². The molecule has 0 heterocycles. The molecule has 0 aliphatic carbocycles. The number of nitro groups is 1. The van der Waals surface area contributed by atoms with Crippen LogP contribution >= 0.6 is 11.6 Å². The number of halogens is 1. The van der Waals surface area contributed by atoms with Gasteiger partial charge in [0, 0.05) is 18.7 Å². The topological polar surface area (TPSA) is 135 Å². The maximum absolute atomic E-state index is 10.8. The molecule has 10 heteroatoms. The van der Waals surface area contributed by atoms with Gasteiger partial charge >= 0.3 is 0 Å². The van der Waals surface area contributed by atoms with Crippen molar-refractivity contribution in [1.29, 1.82) is 5.26 Å². The van der Waals surface area contributed by atoms with Gasteiger partial charge in [-0.05, 0) is 31.5 Å². The Bertz CT molecular complexity index is 932. The second-order valence-electron chi connectivity index (χ2n) is 5.96. The van der Waals surface area contributed by atoms with Crippen LogP contribution in [0.25, 0.3) is 0 Å². The van der Waals surface area contributed by atoms with E-state index in [1.807, 2.05) is 6.07 Å². The number of benzene rings is 2. The van der Waals surface area contributed by atoms with Gasteiger partial charge in [0.05, 0.1) is 21.2 Å². The predicted octanol–water partition coefficient (Wildman–Crippen LogP) is 4.01. The van der Waals surface area contributed by atoms with E-state index in [1.165, 1.54) is 36.9 Å². The first kappa shape index (κ1) is 21.4. The van der Waals surface area contributed by atoms with E-state index >= 15 is 0 Å². The second-order valence-corrected chi connectivity index (χ2v) is 6.34. The van der Waals surface area contributed by atoms with Crippen LogP contribution in [0.5, 0.6) is 0 Å². The molecule has 0 saturated carbocycles. The fourth-order valence-electron chi connectivity index (χ4n) is 2.49. The van der Waals surface area contributed by atoms with Gasteiger partial charge in [-0.3, -0.25) is 10.1 Å². The zero-order valence-corrected chi connectivity index (χ0v) is 15.9. The van der Waals surface area contributed by atoms with Crippen LogP contribution in [0.2, 0.25) is 5.02 Å². The Hall–Kier alpha value is -2.90. The van der Waals surface area contributed by atoms with Crippen molar-refractivity contribution < 1.29 is 15.1 Å². The van der Waals surface area contributed by atoms with Crippen LogP contribution in [0.1, 0.15) is 25.0 Å². The van der Waals surface area contributed by atoms with E-state index in [0.717, 1.165) is 0 Å². The minimum atomic E-state index is -0.932. The largest absolute Gasteiger partial charge is 0.379 e. The number of rotatable bonds is 7. The number of nitro benzene ring substituents is 1. The van der Waals surface area contributed by atoms with Gasteiger partial charge in [-0.25, -0.2) is 4.90 Å². The maximum atomic E-state index is 10.8. The molecular weight excluding hydrogens is 386 g/mol. The summed E-state index contributed by atoms with van der Waals surface area (Å²) < 4.78 is 0. The minimum Gasteiger partial charge on any atom is -0.379 e. The van der Waals surface area contributed by atoms with Gasteiger partial charge < -0.3 is 10.2 Å². The summed E-state index contributed by atoms with van der Waals surface area (Å²) in [5.74, 6) is 0. The highest BCUT2D eigenvalue weighted by atomic mass is 35.5. The number of hydrogen-bond donors (Lipinski definition) is 2. The molecule has 0 saturated heterocycles. The Labute approximate surface area is 166 Å². The summed E-state index contributed by atoms with van der Waals surface area (Å²) in [5, 5.41) is 47.8. The fourth-order valence-corrected chi connectivity index (χ4v) is 2.75. The molecule has 0 aliphatic rings. The zero-order valence-electron chi connectivity index (χ0n) is 15.2. The van der Waals surface area contributed by atoms with Crippen molar-refractivity contribution in [2.75, 3.05) is 0 Å². The highest BCUT2D eigenvalue weighted by Crippen LogP contribution is 2.33. The Morgan fingerprint density at radius 1 is 1.25 bits per heavy atom. The van der Waals surface area contributed by atoms with Crippen LogP contribution in [0.4, 0.5) is 17.1 Å². The first-order valence-corrected chi connectivity index (χ1v) is 8.62. The molecule has 0 aromatic heterocycles. The van der Waals surface area contributed by atoms with E-state index in [2.05, 4.69) is 10.2 Å². The van der Waals surface area contributed by atoms with Crippen molar-refractivity contribution >= 4 is 28.7 Å². The van der Waals surface area contributed by atoms with Crippen LogP contribution in [-0.4, -0.2) is 32.5 Å². The second kappa shape index (κ2) is 9.34. The lowest BCUT2D eigenvalue weighted by molar-refractivity contribution is -0.384. The molecule has 2 atom stereocenters. The summed E-state index contributed by atoms with van der Waals surface area (Å²) in [5.41, 5.74) is 1.01. The molecule has 9 nitrogen and oxygen atoms in total. The number of non-ortho nitro benzene ring substituents is 1. The van der Waals surface area contributed by atoms with Crippen LogP contribution in [0.3, 0.4) is 0 Å². The van der Waals surface area contributed by atoms with Gasteiger partial charge in [0.15, 0.2) is 0 Å². The van der Waals surface area contributed by atoms with Gasteiger partial charge in [-0.1, -0.05) is 23.7 Å². The van der Waals surface area contributed by atoms with Gasteiger partial charge in [0.2, 0.25) is 0 Å². The molecule has 0 amide bonds. The lowest BCUT2D eigenvalue weighted by Gasteiger charge is -2.28. The summed E-state index contributed by atoms with van der Waals surface area (Å²) in [6.07, 6.45) is -1.86. The zero-order chi connectivity index (χ0) is 20.8. The third kappa shape index (κ3) is 5.09. The molecule has 0 fully saturated rings. The summed E-state index contributed by atoms with van der Waals surface area (Å²) in [6, 6.07) is 10.8. The smallest absolute Gasteiger partial charge is 0.271 e. The Morgan fingerprint density at radius 2 is 1.93 bits per heavy atom. The normalized spacial score (nSPS) is 13.5. The quantitative estimate of drug-likeness (QED) is 0.310. The molecule has 2 rings (SSSR count). The molecular formula is C18H18ClN5O4. The number of aliphatic hydroxyl groups excluding tert-OH is 2.